The Kier molecular flexibility index (Phi) is 5.28. The highest BCUT2D eigenvalue weighted by Gasteiger charge is 2.22. The molecule has 1 aromatic heterocycles. The highest BCUT2D eigenvalue weighted by Crippen LogP contribution is 2.31. The van der Waals surface area contributed by atoms with E-state index in [1.54, 1.807) is 31.6 Å². The molecule has 2 N–H and O–H groups in total. The second-order valence-electron chi connectivity index (χ2n) is 5.69. The number of rotatable bonds is 6. The Morgan fingerprint density at radius 2 is 2.12 bits per heavy atom. The minimum absolute atomic E-state index is 0.0216. The van der Waals surface area contributed by atoms with E-state index in [-0.39, 0.29) is 11.8 Å². The number of amides is 1. The van der Waals surface area contributed by atoms with Gasteiger partial charge >= 0.3 is 0 Å². The van der Waals surface area contributed by atoms with Crippen molar-refractivity contribution in [3.8, 4) is 11.5 Å². The molecule has 1 aliphatic heterocycles. The topological polar surface area (TPSA) is 72.5 Å². The number of hydrogen-bond donors (Lipinski definition) is 2. The van der Waals surface area contributed by atoms with Crippen LogP contribution in [-0.2, 0) is 11.4 Å². The van der Waals surface area contributed by atoms with E-state index in [2.05, 4.69) is 15.6 Å². The first-order chi connectivity index (χ1) is 11.8. The van der Waals surface area contributed by atoms with Crippen molar-refractivity contribution >= 4 is 11.6 Å². The molecule has 0 bridgehead atoms. The largest absolute Gasteiger partial charge is 0.493 e. The van der Waals surface area contributed by atoms with Crippen LogP contribution in [0, 0.1) is 5.92 Å². The monoisotopic (exact) mass is 327 g/mol. The second kappa shape index (κ2) is 7.79. The van der Waals surface area contributed by atoms with Crippen LogP contribution in [0.3, 0.4) is 0 Å². The molecule has 0 aliphatic carbocycles. The van der Waals surface area contributed by atoms with E-state index in [9.17, 15) is 4.79 Å². The molecule has 1 fully saturated rings. The summed E-state index contributed by atoms with van der Waals surface area (Å²) >= 11 is 0. The fourth-order valence-electron chi connectivity index (χ4n) is 2.63. The number of anilines is 1. The van der Waals surface area contributed by atoms with Gasteiger partial charge in [0.2, 0.25) is 5.91 Å². The predicted molar refractivity (Wildman–Crippen MR) is 91.2 cm³/mol. The number of ether oxygens (including phenoxy) is 2. The zero-order valence-corrected chi connectivity index (χ0v) is 13.6. The molecule has 24 heavy (non-hydrogen) atoms. The van der Waals surface area contributed by atoms with Gasteiger partial charge in [0.1, 0.15) is 6.61 Å². The first-order valence-electron chi connectivity index (χ1n) is 7.97. The van der Waals surface area contributed by atoms with Gasteiger partial charge in [0.05, 0.1) is 13.0 Å². The number of carbonyl (C=O) groups is 1. The van der Waals surface area contributed by atoms with E-state index in [0.29, 0.717) is 23.8 Å². The Bertz CT molecular complexity index is 685. The van der Waals surface area contributed by atoms with E-state index >= 15 is 0 Å². The van der Waals surface area contributed by atoms with Gasteiger partial charge in [-0.3, -0.25) is 9.78 Å². The Morgan fingerprint density at radius 3 is 2.83 bits per heavy atom. The number of hydrogen-bond acceptors (Lipinski definition) is 5. The molecule has 0 radical (unpaired) electrons. The maximum Gasteiger partial charge on any atom is 0.228 e. The molecule has 1 amide bonds. The highest BCUT2D eigenvalue weighted by atomic mass is 16.5. The average molecular weight is 327 g/mol. The molecule has 0 saturated carbocycles. The molecular weight excluding hydrogens is 306 g/mol. The third kappa shape index (κ3) is 4.02. The van der Waals surface area contributed by atoms with E-state index in [1.807, 2.05) is 18.2 Å². The second-order valence-corrected chi connectivity index (χ2v) is 5.69. The smallest absolute Gasteiger partial charge is 0.228 e. The third-order valence-corrected chi connectivity index (χ3v) is 4.01. The lowest BCUT2D eigenvalue weighted by Crippen LogP contribution is -2.24. The molecule has 1 aliphatic rings. The molecule has 3 rings (SSSR count). The molecule has 126 valence electrons. The van der Waals surface area contributed by atoms with E-state index in [1.165, 1.54) is 0 Å². The molecule has 1 aromatic carbocycles. The SMILES string of the molecule is COc1ccc(NC(=O)C2CCNC2)cc1OCc1ccncc1. The number of carbonyl (C=O) groups excluding carboxylic acids is 1. The number of methoxy groups -OCH3 is 1. The van der Waals surface area contributed by atoms with E-state index in [0.717, 1.165) is 25.1 Å². The average Bonchev–Trinajstić information content (AvgIpc) is 3.16. The Morgan fingerprint density at radius 1 is 1.29 bits per heavy atom. The zero-order chi connectivity index (χ0) is 16.8. The van der Waals surface area contributed by atoms with Crippen molar-refractivity contribution in [3.05, 3.63) is 48.3 Å². The highest BCUT2D eigenvalue weighted by molar-refractivity contribution is 5.93. The van der Waals surface area contributed by atoms with Crippen molar-refractivity contribution in [3.63, 3.8) is 0 Å². The molecule has 2 aromatic rings. The van der Waals surface area contributed by atoms with Gasteiger partial charge in [-0.2, -0.15) is 0 Å². The zero-order valence-electron chi connectivity index (χ0n) is 13.6. The number of pyridine rings is 1. The summed E-state index contributed by atoms with van der Waals surface area (Å²) in [6.07, 6.45) is 4.32. The van der Waals surface area contributed by atoms with Crippen LogP contribution in [-0.4, -0.2) is 31.1 Å². The third-order valence-electron chi connectivity index (χ3n) is 4.01. The number of nitrogens with one attached hydrogen (secondary N) is 2. The first-order valence-corrected chi connectivity index (χ1v) is 7.97. The van der Waals surface area contributed by atoms with Gasteiger partial charge in [0.25, 0.3) is 0 Å². The Labute approximate surface area is 141 Å². The maximum atomic E-state index is 12.2. The number of nitrogens with zero attached hydrogens (tertiary/aromatic N) is 1. The summed E-state index contributed by atoms with van der Waals surface area (Å²) in [5.41, 5.74) is 1.72. The molecule has 1 saturated heterocycles. The van der Waals surface area contributed by atoms with Crippen molar-refractivity contribution in [1.82, 2.24) is 10.3 Å². The molecule has 1 atom stereocenters. The molecule has 6 heteroatoms. The number of benzene rings is 1. The van der Waals surface area contributed by atoms with Crippen LogP contribution in [0.4, 0.5) is 5.69 Å². The summed E-state index contributed by atoms with van der Waals surface area (Å²) in [7, 11) is 1.59. The summed E-state index contributed by atoms with van der Waals surface area (Å²) in [4.78, 5) is 16.2. The molecule has 2 heterocycles. The fourth-order valence-corrected chi connectivity index (χ4v) is 2.63. The minimum atomic E-state index is 0.0216. The predicted octanol–water partition coefficient (Wildman–Crippen LogP) is 2.22. The van der Waals surface area contributed by atoms with Gasteiger partial charge in [0.15, 0.2) is 11.5 Å². The minimum Gasteiger partial charge on any atom is -0.493 e. The Hall–Kier alpha value is -2.60. The lowest BCUT2D eigenvalue weighted by Gasteiger charge is -2.14. The molecule has 0 spiro atoms. The van der Waals surface area contributed by atoms with Crippen LogP contribution in [0.2, 0.25) is 0 Å². The van der Waals surface area contributed by atoms with Crippen LogP contribution < -0.4 is 20.1 Å². The normalized spacial score (nSPS) is 16.6. The van der Waals surface area contributed by atoms with Crippen LogP contribution >= 0.6 is 0 Å². The lowest BCUT2D eigenvalue weighted by atomic mass is 10.1. The van der Waals surface area contributed by atoms with Crippen molar-refractivity contribution in [2.24, 2.45) is 5.92 Å². The summed E-state index contributed by atoms with van der Waals surface area (Å²) in [5.74, 6) is 1.28. The van der Waals surface area contributed by atoms with Gasteiger partial charge < -0.3 is 20.1 Å². The molecule has 1 unspecified atom stereocenters. The summed E-state index contributed by atoms with van der Waals surface area (Å²) < 4.78 is 11.2. The fraction of sp³-hybridized carbons (Fsp3) is 0.333. The van der Waals surface area contributed by atoms with Gasteiger partial charge in [-0.05, 0) is 42.8 Å². The Balaban J connectivity index is 1.69. The van der Waals surface area contributed by atoms with Crippen LogP contribution in [0.25, 0.3) is 0 Å². The number of aromatic nitrogens is 1. The lowest BCUT2D eigenvalue weighted by molar-refractivity contribution is -0.119. The van der Waals surface area contributed by atoms with Gasteiger partial charge in [-0.15, -0.1) is 0 Å². The standard InChI is InChI=1S/C18H21N3O3/c1-23-16-3-2-15(21-18(22)14-6-9-20-11-14)10-17(16)24-12-13-4-7-19-8-5-13/h2-5,7-8,10,14,20H,6,9,11-12H2,1H3,(H,21,22). The van der Waals surface area contributed by atoms with Crippen LogP contribution in [0.1, 0.15) is 12.0 Å². The summed E-state index contributed by atoms with van der Waals surface area (Å²) in [6.45, 7) is 2.03. The van der Waals surface area contributed by atoms with Gasteiger partial charge in [0, 0.05) is 30.7 Å². The first kappa shape index (κ1) is 16.3. The van der Waals surface area contributed by atoms with Gasteiger partial charge in [-0.1, -0.05) is 0 Å². The van der Waals surface area contributed by atoms with Crippen molar-refractivity contribution in [2.75, 3.05) is 25.5 Å². The van der Waals surface area contributed by atoms with Crippen molar-refractivity contribution in [1.29, 1.82) is 0 Å². The van der Waals surface area contributed by atoms with Crippen LogP contribution in [0.15, 0.2) is 42.7 Å². The van der Waals surface area contributed by atoms with Crippen molar-refractivity contribution in [2.45, 2.75) is 13.0 Å². The summed E-state index contributed by atoms with van der Waals surface area (Å²) in [5, 5.41) is 6.15. The van der Waals surface area contributed by atoms with Crippen molar-refractivity contribution < 1.29 is 14.3 Å². The van der Waals surface area contributed by atoms with E-state index < -0.39 is 0 Å². The summed E-state index contributed by atoms with van der Waals surface area (Å²) in [6, 6.07) is 9.19. The van der Waals surface area contributed by atoms with Crippen LogP contribution in [0.5, 0.6) is 11.5 Å². The maximum absolute atomic E-state index is 12.2. The van der Waals surface area contributed by atoms with E-state index in [4.69, 9.17) is 9.47 Å². The van der Waals surface area contributed by atoms with Gasteiger partial charge in [-0.25, -0.2) is 0 Å². The molecular formula is C18H21N3O3. The molecule has 6 nitrogen and oxygen atoms in total. The quantitative estimate of drug-likeness (QED) is 0.851.